The highest BCUT2D eigenvalue weighted by Gasteiger charge is 2.15. The predicted octanol–water partition coefficient (Wildman–Crippen LogP) is 0.329. The summed E-state index contributed by atoms with van der Waals surface area (Å²) in [5.41, 5.74) is 5.48. The fourth-order valence-corrected chi connectivity index (χ4v) is 1.42. The summed E-state index contributed by atoms with van der Waals surface area (Å²) >= 11 is 3.14. The molecule has 0 fully saturated rings. The predicted molar refractivity (Wildman–Crippen MR) is 55.2 cm³/mol. The highest BCUT2D eigenvalue weighted by atomic mass is 79.9. The SMILES string of the molecule is COCCNc1n[nH]c(Br)c1C(N)=O. The quantitative estimate of drug-likeness (QED) is 0.667. The molecule has 0 radical (unpaired) electrons. The fraction of sp³-hybridized carbons (Fsp3) is 0.429. The van der Waals surface area contributed by atoms with Crippen molar-refractivity contribution in [3.8, 4) is 0 Å². The summed E-state index contributed by atoms with van der Waals surface area (Å²) < 4.78 is 5.32. The van der Waals surface area contributed by atoms with Crippen molar-refractivity contribution in [2.24, 2.45) is 5.73 Å². The molecule has 0 saturated heterocycles. The van der Waals surface area contributed by atoms with Crippen LogP contribution in [-0.2, 0) is 4.74 Å². The molecular formula is C7H11BrN4O2. The van der Waals surface area contributed by atoms with E-state index in [4.69, 9.17) is 10.5 Å². The topological polar surface area (TPSA) is 93.0 Å². The van der Waals surface area contributed by atoms with Crippen LogP contribution in [0.3, 0.4) is 0 Å². The summed E-state index contributed by atoms with van der Waals surface area (Å²) in [6.45, 7) is 1.09. The first-order valence-electron chi connectivity index (χ1n) is 3.93. The molecule has 0 spiro atoms. The zero-order valence-corrected chi connectivity index (χ0v) is 9.22. The van der Waals surface area contributed by atoms with Crippen molar-refractivity contribution < 1.29 is 9.53 Å². The number of methoxy groups -OCH3 is 1. The van der Waals surface area contributed by atoms with Crippen LogP contribution >= 0.6 is 15.9 Å². The van der Waals surface area contributed by atoms with Gasteiger partial charge in [-0.1, -0.05) is 0 Å². The van der Waals surface area contributed by atoms with Crippen molar-refractivity contribution in [1.82, 2.24) is 10.2 Å². The summed E-state index contributed by atoms with van der Waals surface area (Å²) in [6.07, 6.45) is 0. The van der Waals surface area contributed by atoms with Crippen LogP contribution in [0, 0.1) is 0 Å². The van der Waals surface area contributed by atoms with Gasteiger partial charge in [-0.2, -0.15) is 5.10 Å². The molecule has 0 aliphatic heterocycles. The van der Waals surface area contributed by atoms with Crippen molar-refractivity contribution in [1.29, 1.82) is 0 Å². The molecule has 78 valence electrons. The van der Waals surface area contributed by atoms with E-state index in [1.54, 1.807) is 7.11 Å². The number of anilines is 1. The van der Waals surface area contributed by atoms with Crippen molar-refractivity contribution in [2.45, 2.75) is 0 Å². The maximum Gasteiger partial charge on any atom is 0.255 e. The number of rotatable bonds is 5. The van der Waals surface area contributed by atoms with Gasteiger partial charge in [-0.05, 0) is 15.9 Å². The molecule has 0 aromatic carbocycles. The van der Waals surface area contributed by atoms with Gasteiger partial charge in [-0.3, -0.25) is 9.89 Å². The van der Waals surface area contributed by atoms with Crippen LogP contribution in [0.25, 0.3) is 0 Å². The van der Waals surface area contributed by atoms with Gasteiger partial charge in [0.2, 0.25) is 0 Å². The normalized spacial score (nSPS) is 10.1. The summed E-state index contributed by atoms with van der Waals surface area (Å²) in [7, 11) is 1.59. The summed E-state index contributed by atoms with van der Waals surface area (Å²) in [4.78, 5) is 11.0. The minimum Gasteiger partial charge on any atom is -0.383 e. The number of hydrogen-bond acceptors (Lipinski definition) is 4. The highest BCUT2D eigenvalue weighted by Crippen LogP contribution is 2.20. The van der Waals surface area contributed by atoms with Gasteiger partial charge < -0.3 is 15.8 Å². The van der Waals surface area contributed by atoms with Gasteiger partial charge in [0, 0.05) is 13.7 Å². The molecule has 0 saturated carbocycles. The van der Waals surface area contributed by atoms with E-state index in [-0.39, 0.29) is 0 Å². The third-order valence-electron chi connectivity index (χ3n) is 1.57. The molecular weight excluding hydrogens is 252 g/mol. The Morgan fingerprint density at radius 1 is 1.79 bits per heavy atom. The average Bonchev–Trinajstić information content (AvgIpc) is 2.47. The monoisotopic (exact) mass is 262 g/mol. The molecule has 6 nitrogen and oxygen atoms in total. The lowest BCUT2D eigenvalue weighted by Gasteiger charge is -2.02. The molecule has 0 aliphatic rings. The number of ether oxygens (including phenoxy) is 1. The number of carbonyl (C=O) groups excluding carboxylic acids is 1. The molecule has 1 amide bonds. The Hall–Kier alpha value is -1.08. The maximum atomic E-state index is 11.0. The first-order chi connectivity index (χ1) is 6.66. The van der Waals surface area contributed by atoms with Crippen molar-refractivity contribution in [2.75, 3.05) is 25.6 Å². The van der Waals surface area contributed by atoms with Crippen molar-refractivity contribution in [3.05, 3.63) is 10.2 Å². The largest absolute Gasteiger partial charge is 0.383 e. The van der Waals surface area contributed by atoms with E-state index in [1.165, 1.54) is 0 Å². The Balaban J connectivity index is 2.71. The summed E-state index contributed by atoms with van der Waals surface area (Å²) in [5, 5.41) is 9.40. The number of primary amides is 1. The van der Waals surface area contributed by atoms with Crippen LogP contribution in [0.5, 0.6) is 0 Å². The van der Waals surface area contributed by atoms with E-state index in [0.717, 1.165) is 0 Å². The second-order valence-electron chi connectivity index (χ2n) is 2.55. The molecule has 1 aromatic heterocycles. The van der Waals surface area contributed by atoms with Crippen LogP contribution in [0.1, 0.15) is 10.4 Å². The van der Waals surface area contributed by atoms with E-state index in [9.17, 15) is 4.79 Å². The number of amides is 1. The molecule has 0 unspecified atom stereocenters. The van der Waals surface area contributed by atoms with E-state index in [2.05, 4.69) is 31.4 Å². The molecule has 4 N–H and O–H groups in total. The molecule has 0 atom stereocenters. The summed E-state index contributed by atoms with van der Waals surface area (Å²) in [5.74, 6) is -0.105. The minimum absolute atomic E-state index is 0.320. The zero-order valence-electron chi connectivity index (χ0n) is 7.63. The van der Waals surface area contributed by atoms with Crippen LogP contribution in [0.2, 0.25) is 0 Å². The Morgan fingerprint density at radius 2 is 2.50 bits per heavy atom. The second-order valence-corrected chi connectivity index (χ2v) is 3.34. The smallest absolute Gasteiger partial charge is 0.255 e. The molecule has 1 aromatic rings. The minimum atomic E-state index is -0.537. The van der Waals surface area contributed by atoms with Crippen LogP contribution in [0.4, 0.5) is 5.82 Å². The van der Waals surface area contributed by atoms with Crippen LogP contribution in [0.15, 0.2) is 4.60 Å². The lowest BCUT2D eigenvalue weighted by molar-refractivity contribution is 0.100. The van der Waals surface area contributed by atoms with Crippen molar-refractivity contribution in [3.63, 3.8) is 0 Å². The van der Waals surface area contributed by atoms with Crippen LogP contribution < -0.4 is 11.1 Å². The maximum absolute atomic E-state index is 11.0. The van der Waals surface area contributed by atoms with Crippen molar-refractivity contribution >= 4 is 27.7 Å². The molecule has 7 heteroatoms. The second kappa shape index (κ2) is 4.97. The highest BCUT2D eigenvalue weighted by molar-refractivity contribution is 9.10. The standard InChI is InChI=1S/C7H11BrN4O2/c1-14-3-2-10-7-4(6(9)13)5(8)11-12-7/h2-3H2,1H3,(H2,9,13)(H2,10,11,12). The Bertz CT molecular complexity index is 325. The number of aromatic amines is 1. The molecule has 14 heavy (non-hydrogen) atoms. The van der Waals surface area contributed by atoms with Gasteiger partial charge in [0.1, 0.15) is 10.2 Å². The lowest BCUT2D eigenvalue weighted by atomic mass is 10.3. The van der Waals surface area contributed by atoms with E-state index < -0.39 is 5.91 Å². The van der Waals surface area contributed by atoms with E-state index in [0.29, 0.717) is 29.1 Å². The molecule has 1 heterocycles. The number of nitrogens with two attached hydrogens (primary N) is 1. The molecule has 0 aliphatic carbocycles. The van der Waals surface area contributed by atoms with Gasteiger partial charge in [-0.25, -0.2) is 0 Å². The first kappa shape index (κ1) is 11.0. The van der Waals surface area contributed by atoms with Gasteiger partial charge >= 0.3 is 0 Å². The fourth-order valence-electron chi connectivity index (χ4n) is 0.945. The first-order valence-corrected chi connectivity index (χ1v) is 4.72. The van der Waals surface area contributed by atoms with Gasteiger partial charge in [0.05, 0.1) is 6.61 Å². The summed E-state index contributed by atoms with van der Waals surface area (Å²) in [6, 6.07) is 0. The van der Waals surface area contributed by atoms with Crippen LogP contribution in [-0.4, -0.2) is 36.4 Å². The number of aromatic nitrogens is 2. The number of nitrogens with zero attached hydrogens (tertiary/aromatic N) is 1. The van der Waals surface area contributed by atoms with E-state index in [1.807, 2.05) is 0 Å². The van der Waals surface area contributed by atoms with Gasteiger partial charge in [0.25, 0.3) is 5.91 Å². The molecule has 1 rings (SSSR count). The lowest BCUT2D eigenvalue weighted by Crippen LogP contribution is -2.15. The van der Waals surface area contributed by atoms with E-state index >= 15 is 0 Å². The average molecular weight is 263 g/mol. The van der Waals surface area contributed by atoms with Gasteiger partial charge in [0.15, 0.2) is 5.82 Å². The Kier molecular flexibility index (Phi) is 3.90. The Labute approximate surface area is 89.3 Å². The number of hydrogen-bond donors (Lipinski definition) is 3. The number of carbonyl (C=O) groups is 1. The third-order valence-corrected chi connectivity index (χ3v) is 2.14. The number of H-pyrrole nitrogens is 1. The Morgan fingerprint density at radius 3 is 3.07 bits per heavy atom. The number of halogens is 1. The third kappa shape index (κ3) is 2.46. The number of nitrogens with one attached hydrogen (secondary N) is 2. The molecule has 0 bridgehead atoms. The van der Waals surface area contributed by atoms with Gasteiger partial charge in [-0.15, -0.1) is 0 Å². The zero-order chi connectivity index (χ0) is 10.6.